The molecule has 0 aromatic rings. The van der Waals surface area contributed by atoms with E-state index in [1.807, 2.05) is 6.92 Å². The number of aliphatic hydroxyl groups is 3. The Kier molecular flexibility index (Phi) is 9.63. The van der Waals surface area contributed by atoms with Gasteiger partial charge in [0, 0.05) is 0 Å². The van der Waals surface area contributed by atoms with E-state index in [-0.39, 0.29) is 6.10 Å². The molecule has 90 valence electrons. The third-order valence-corrected chi connectivity index (χ3v) is 2.43. The van der Waals surface area contributed by atoms with Gasteiger partial charge in [0.15, 0.2) is 0 Å². The van der Waals surface area contributed by atoms with Gasteiger partial charge in [-0.25, -0.2) is 0 Å². The summed E-state index contributed by atoms with van der Waals surface area (Å²) in [4.78, 5) is 0. The van der Waals surface area contributed by atoms with Crippen molar-refractivity contribution in [3.05, 3.63) is 12.3 Å². The third-order valence-electron chi connectivity index (χ3n) is 2.43. The van der Waals surface area contributed by atoms with Gasteiger partial charge in [0.05, 0.1) is 18.5 Å². The molecule has 2 unspecified atom stereocenters. The molecule has 3 heteroatoms. The van der Waals surface area contributed by atoms with Gasteiger partial charge in [-0.15, -0.1) is 0 Å². The molecule has 0 aromatic carbocycles. The van der Waals surface area contributed by atoms with Crippen LogP contribution in [0.5, 0.6) is 0 Å². The molecule has 0 aliphatic heterocycles. The molecule has 0 amide bonds. The minimum absolute atomic E-state index is 0.179. The number of aliphatic hydroxyl groups excluding tert-OH is 3. The SMILES string of the molecule is CC(O)CCCCCCCC(O)C=CO. The number of hydrogen-bond donors (Lipinski definition) is 3. The van der Waals surface area contributed by atoms with Crippen molar-refractivity contribution in [3.8, 4) is 0 Å². The van der Waals surface area contributed by atoms with Crippen molar-refractivity contribution >= 4 is 0 Å². The fourth-order valence-electron chi connectivity index (χ4n) is 1.52. The number of rotatable bonds is 9. The lowest BCUT2D eigenvalue weighted by Crippen LogP contribution is -2.01. The summed E-state index contributed by atoms with van der Waals surface area (Å²) in [6.07, 6.45) is 8.69. The summed E-state index contributed by atoms with van der Waals surface area (Å²) in [6, 6.07) is 0. The highest BCUT2D eigenvalue weighted by Gasteiger charge is 1.99. The van der Waals surface area contributed by atoms with E-state index in [4.69, 9.17) is 10.2 Å². The highest BCUT2D eigenvalue weighted by molar-refractivity contribution is 4.81. The Hall–Kier alpha value is -0.540. The van der Waals surface area contributed by atoms with Crippen LogP contribution in [0.15, 0.2) is 12.3 Å². The summed E-state index contributed by atoms with van der Waals surface area (Å²) in [5.74, 6) is 0. The normalized spacial score (nSPS) is 15.7. The molecule has 0 spiro atoms. The van der Waals surface area contributed by atoms with Crippen LogP contribution in [-0.2, 0) is 0 Å². The Morgan fingerprint density at radius 2 is 1.47 bits per heavy atom. The van der Waals surface area contributed by atoms with E-state index in [0.29, 0.717) is 6.42 Å². The van der Waals surface area contributed by atoms with Crippen LogP contribution >= 0.6 is 0 Å². The van der Waals surface area contributed by atoms with Crippen molar-refractivity contribution < 1.29 is 15.3 Å². The highest BCUT2D eigenvalue weighted by atomic mass is 16.3. The molecule has 0 radical (unpaired) electrons. The van der Waals surface area contributed by atoms with Gasteiger partial charge < -0.3 is 15.3 Å². The lowest BCUT2D eigenvalue weighted by molar-refractivity contribution is 0.180. The van der Waals surface area contributed by atoms with E-state index >= 15 is 0 Å². The van der Waals surface area contributed by atoms with Crippen molar-refractivity contribution in [3.63, 3.8) is 0 Å². The van der Waals surface area contributed by atoms with E-state index in [2.05, 4.69) is 0 Å². The van der Waals surface area contributed by atoms with E-state index in [1.165, 1.54) is 6.08 Å². The predicted octanol–water partition coefficient (Wildman–Crippen LogP) is 2.53. The van der Waals surface area contributed by atoms with Gasteiger partial charge in [-0.2, -0.15) is 0 Å². The molecule has 2 atom stereocenters. The van der Waals surface area contributed by atoms with Crippen LogP contribution in [0, 0.1) is 0 Å². The summed E-state index contributed by atoms with van der Waals surface area (Å²) < 4.78 is 0. The van der Waals surface area contributed by atoms with E-state index in [1.54, 1.807) is 0 Å². The molecular weight excluding hydrogens is 192 g/mol. The lowest BCUT2D eigenvalue weighted by Gasteiger charge is -2.05. The number of unbranched alkanes of at least 4 members (excludes halogenated alkanes) is 4. The first-order valence-electron chi connectivity index (χ1n) is 5.84. The molecule has 0 aliphatic carbocycles. The zero-order valence-electron chi connectivity index (χ0n) is 9.60. The Balaban J connectivity index is 3.11. The number of hydrogen-bond acceptors (Lipinski definition) is 3. The fraction of sp³-hybridized carbons (Fsp3) is 0.833. The van der Waals surface area contributed by atoms with Crippen LogP contribution in [0.25, 0.3) is 0 Å². The average Bonchev–Trinajstić information content (AvgIpc) is 2.16. The first-order chi connectivity index (χ1) is 7.16. The minimum Gasteiger partial charge on any atom is -0.516 e. The van der Waals surface area contributed by atoms with Crippen LogP contribution in [0.2, 0.25) is 0 Å². The Labute approximate surface area is 92.4 Å². The van der Waals surface area contributed by atoms with Gasteiger partial charge in [-0.05, 0) is 25.8 Å². The molecule has 0 bridgehead atoms. The lowest BCUT2D eigenvalue weighted by atomic mass is 10.1. The first-order valence-corrected chi connectivity index (χ1v) is 5.84. The van der Waals surface area contributed by atoms with Gasteiger partial charge in [0.2, 0.25) is 0 Å². The maximum atomic E-state index is 9.24. The zero-order valence-corrected chi connectivity index (χ0v) is 9.60. The second kappa shape index (κ2) is 9.99. The van der Waals surface area contributed by atoms with Gasteiger partial charge in [0.1, 0.15) is 0 Å². The van der Waals surface area contributed by atoms with Crippen molar-refractivity contribution in [2.45, 2.75) is 64.1 Å². The Bertz CT molecular complexity index is 155. The topological polar surface area (TPSA) is 60.7 Å². The standard InChI is InChI=1S/C12H24O3/c1-11(14)7-5-3-2-4-6-8-12(15)9-10-13/h9-15H,2-8H2,1H3. The molecule has 0 fully saturated rings. The summed E-state index contributed by atoms with van der Waals surface area (Å²) in [6.45, 7) is 1.82. The van der Waals surface area contributed by atoms with Crippen LogP contribution in [-0.4, -0.2) is 27.5 Å². The molecule has 0 aliphatic rings. The van der Waals surface area contributed by atoms with Crippen molar-refractivity contribution in [2.75, 3.05) is 0 Å². The zero-order chi connectivity index (χ0) is 11.5. The first kappa shape index (κ1) is 14.5. The smallest absolute Gasteiger partial charge is 0.0777 e. The molecule has 0 rings (SSSR count). The molecule has 0 heterocycles. The predicted molar refractivity (Wildman–Crippen MR) is 61.8 cm³/mol. The minimum atomic E-state index is -0.507. The molecule has 0 aromatic heterocycles. The summed E-state index contributed by atoms with van der Waals surface area (Å²) in [5.41, 5.74) is 0. The van der Waals surface area contributed by atoms with Crippen LogP contribution in [0.1, 0.15) is 51.9 Å². The second-order valence-corrected chi connectivity index (χ2v) is 4.10. The van der Waals surface area contributed by atoms with Gasteiger partial charge in [-0.1, -0.05) is 32.1 Å². The third kappa shape index (κ3) is 11.4. The maximum Gasteiger partial charge on any atom is 0.0777 e. The largest absolute Gasteiger partial charge is 0.516 e. The summed E-state index contributed by atoms with van der Waals surface area (Å²) in [5, 5.41) is 26.7. The van der Waals surface area contributed by atoms with Crippen molar-refractivity contribution in [2.24, 2.45) is 0 Å². The molecule has 0 saturated heterocycles. The molecule has 3 nitrogen and oxygen atoms in total. The molecular formula is C12H24O3. The van der Waals surface area contributed by atoms with Crippen LogP contribution in [0.4, 0.5) is 0 Å². The molecule has 15 heavy (non-hydrogen) atoms. The second-order valence-electron chi connectivity index (χ2n) is 4.10. The average molecular weight is 216 g/mol. The van der Waals surface area contributed by atoms with Crippen LogP contribution < -0.4 is 0 Å². The molecule has 3 N–H and O–H groups in total. The van der Waals surface area contributed by atoms with Gasteiger partial charge >= 0.3 is 0 Å². The van der Waals surface area contributed by atoms with Gasteiger partial charge in [-0.3, -0.25) is 0 Å². The molecule has 0 saturated carbocycles. The van der Waals surface area contributed by atoms with Gasteiger partial charge in [0.25, 0.3) is 0 Å². The summed E-state index contributed by atoms with van der Waals surface area (Å²) in [7, 11) is 0. The Morgan fingerprint density at radius 1 is 0.933 bits per heavy atom. The van der Waals surface area contributed by atoms with Crippen LogP contribution in [0.3, 0.4) is 0 Å². The Morgan fingerprint density at radius 3 is 2.00 bits per heavy atom. The van der Waals surface area contributed by atoms with E-state index in [9.17, 15) is 5.11 Å². The van der Waals surface area contributed by atoms with Crippen molar-refractivity contribution in [1.29, 1.82) is 0 Å². The van der Waals surface area contributed by atoms with E-state index < -0.39 is 6.10 Å². The summed E-state index contributed by atoms with van der Waals surface area (Å²) >= 11 is 0. The maximum absolute atomic E-state index is 9.24. The monoisotopic (exact) mass is 216 g/mol. The van der Waals surface area contributed by atoms with E-state index in [0.717, 1.165) is 44.8 Å². The highest BCUT2D eigenvalue weighted by Crippen LogP contribution is 2.10. The fourth-order valence-corrected chi connectivity index (χ4v) is 1.52. The quantitative estimate of drug-likeness (QED) is 0.410. The van der Waals surface area contributed by atoms with Crippen molar-refractivity contribution in [1.82, 2.24) is 0 Å².